The number of alkyl halides is 3. The van der Waals surface area contributed by atoms with Crippen molar-refractivity contribution in [3.63, 3.8) is 0 Å². The van der Waals surface area contributed by atoms with Crippen LogP contribution in [0.4, 0.5) is 24.9 Å². The minimum atomic E-state index is -4.13. The molecule has 0 amide bonds. The zero-order chi connectivity index (χ0) is 13.9. The van der Waals surface area contributed by atoms with E-state index in [-0.39, 0.29) is 13.0 Å². The molecule has 0 bridgehead atoms. The lowest BCUT2D eigenvalue weighted by molar-refractivity contribution is -0.134. The van der Waals surface area contributed by atoms with E-state index >= 15 is 0 Å². The molecule has 9 heteroatoms. The molecule has 0 radical (unpaired) electrons. The van der Waals surface area contributed by atoms with Gasteiger partial charge in [0, 0.05) is 20.0 Å². The average molecular weight is 274 g/mol. The van der Waals surface area contributed by atoms with Gasteiger partial charge in [0.2, 0.25) is 5.95 Å². The molecule has 0 spiro atoms. The van der Waals surface area contributed by atoms with Gasteiger partial charge in [0.25, 0.3) is 0 Å². The lowest BCUT2D eigenvalue weighted by Crippen LogP contribution is -2.12. The Morgan fingerprint density at radius 3 is 2.79 bits per heavy atom. The summed E-state index contributed by atoms with van der Waals surface area (Å²) in [6, 6.07) is 0. The summed E-state index contributed by atoms with van der Waals surface area (Å²) in [5, 5.41) is 12.8. The summed E-state index contributed by atoms with van der Waals surface area (Å²) < 4.78 is 36.1. The molecule has 104 valence electrons. The van der Waals surface area contributed by atoms with Crippen molar-refractivity contribution < 1.29 is 13.2 Å². The fourth-order valence-corrected chi connectivity index (χ4v) is 1.58. The molecule has 0 aromatic carbocycles. The third-order valence-electron chi connectivity index (χ3n) is 2.46. The Labute approximate surface area is 106 Å². The summed E-state index contributed by atoms with van der Waals surface area (Å²) in [6.45, 7) is 0.181. The van der Waals surface area contributed by atoms with Crippen LogP contribution in [-0.2, 0) is 0 Å². The van der Waals surface area contributed by atoms with Crippen LogP contribution in [0, 0.1) is 0 Å². The van der Waals surface area contributed by atoms with Crippen LogP contribution in [0.25, 0.3) is 11.0 Å². The van der Waals surface area contributed by atoms with Crippen LogP contribution in [0.1, 0.15) is 12.8 Å². The number of hydrogen-bond donors (Lipinski definition) is 3. The molecular formula is C10H13F3N6. The maximum absolute atomic E-state index is 12.0. The van der Waals surface area contributed by atoms with E-state index in [9.17, 15) is 13.2 Å². The van der Waals surface area contributed by atoms with Crippen molar-refractivity contribution in [2.75, 3.05) is 24.2 Å². The number of anilines is 2. The molecule has 2 aromatic rings. The zero-order valence-corrected chi connectivity index (χ0v) is 10.2. The smallest absolute Gasteiger partial charge is 0.369 e. The first-order valence-electron chi connectivity index (χ1n) is 5.69. The highest BCUT2D eigenvalue weighted by Gasteiger charge is 2.25. The van der Waals surface area contributed by atoms with Gasteiger partial charge in [-0.3, -0.25) is 5.10 Å². The van der Waals surface area contributed by atoms with Gasteiger partial charge in [0.15, 0.2) is 5.65 Å². The summed E-state index contributed by atoms with van der Waals surface area (Å²) in [5.74, 6) is 0.834. The van der Waals surface area contributed by atoms with Gasteiger partial charge < -0.3 is 10.6 Å². The first-order valence-corrected chi connectivity index (χ1v) is 5.69. The summed E-state index contributed by atoms with van der Waals surface area (Å²) in [4.78, 5) is 8.27. The Bertz CT molecular complexity index is 550. The van der Waals surface area contributed by atoms with Gasteiger partial charge in [-0.05, 0) is 6.42 Å². The van der Waals surface area contributed by atoms with Crippen LogP contribution in [0.3, 0.4) is 0 Å². The van der Waals surface area contributed by atoms with Crippen molar-refractivity contribution >= 4 is 22.8 Å². The summed E-state index contributed by atoms with van der Waals surface area (Å²) in [6.07, 6.45) is -3.43. The van der Waals surface area contributed by atoms with Gasteiger partial charge in [-0.2, -0.15) is 28.2 Å². The van der Waals surface area contributed by atoms with Crippen LogP contribution < -0.4 is 10.6 Å². The normalized spacial score (nSPS) is 11.8. The van der Waals surface area contributed by atoms with E-state index in [0.29, 0.717) is 22.8 Å². The molecule has 2 aromatic heterocycles. The molecular weight excluding hydrogens is 261 g/mol. The molecule has 0 aliphatic carbocycles. The summed E-state index contributed by atoms with van der Waals surface area (Å²) in [7, 11) is 1.66. The molecule has 19 heavy (non-hydrogen) atoms. The molecule has 2 rings (SSSR count). The van der Waals surface area contributed by atoms with Crippen molar-refractivity contribution in [1.29, 1.82) is 0 Å². The first-order chi connectivity index (χ1) is 8.99. The molecule has 2 heterocycles. The minimum absolute atomic E-state index is 0.0122. The zero-order valence-electron chi connectivity index (χ0n) is 10.2. The van der Waals surface area contributed by atoms with Gasteiger partial charge >= 0.3 is 6.18 Å². The lowest BCUT2D eigenvalue weighted by atomic mass is 10.3. The second-order valence-electron chi connectivity index (χ2n) is 3.92. The largest absolute Gasteiger partial charge is 0.389 e. The average Bonchev–Trinajstić information content (AvgIpc) is 2.81. The predicted molar refractivity (Wildman–Crippen MR) is 65.0 cm³/mol. The highest BCUT2D eigenvalue weighted by atomic mass is 19.4. The third kappa shape index (κ3) is 3.46. The van der Waals surface area contributed by atoms with E-state index in [4.69, 9.17) is 0 Å². The van der Waals surface area contributed by atoms with E-state index in [1.54, 1.807) is 7.05 Å². The Morgan fingerprint density at radius 1 is 1.32 bits per heavy atom. The van der Waals surface area contributed by atoms with Gasteiger partial charge in [-0.15, -0.1) is 0 Å². The van der Waals surface area contributed by atoms with Crippen molar-refractivity contribution in [3.05, 3.63) is 6.20 Å². The fourth-order valence-electron chi connectivity index (χ4n) is 1.58. The van der Waals surface area contributed by atoms with Gasteiger partial charge in [-0.25, -0.2) is 0 Å². The van der Waals surface area contributed by atoms with Gasteiger partial charge in [-0.1, -0.05) is 0 Å². The number of fused-ring (bicyclic) bond motifs is 1. The van der Waals surface area contributed by atoms with E-state index in [0.717, 1.165) is 0 Å². The number of H-pyrrole nitrogens is 1. The Hall–Kier alpha value is -2.06. The quantitative estimate of drug-likeness (QED) is 0.728. The molecule has 0 unspecified atom stereocenters. The van der Waals surface area contributed by atoms with Crippen LogP contribution >= 0.6 is 0 Å². The first kappa shape index (κ1) is 13.4. The number of nitrogens with one attached hydrogen (secondary N) is 3. The SMILES string of the molecule is CNc1nc(NCCCC(F)(F)F)c2cn[nH]c2n1. The number of nitrogens with zero attached hydrogens (tertiary/aromatic N) is 3. The maximum atomic E-state index is 12.0. The molecule has 0 atom stereocenters. The van der Waals surface area contributed by atoms with Crippen molar-refractivity contribution in [1.82, 2.24) is 20.2 Å². The van der Waals surface area contributed by atoms with Crippen LogP contribution in [0.15, 0.2) is 6.20 Å². The van der Waals surface area contributed by atoms with Crippen molar-refractivity contribution in [3.8, 4) is 0 Å². The fraction of sp³-hybridized carbons (Fsp3) is 0.500. The molecule has 0 aliphatic heterocycles. The summed E-state index contributed by atoms with van der Waals surface area (Å²) in [5.41, 5.74) is 0.526. The van der Waals surface area contributed by atoms with Crippen LogP contribution in [0.5, 0.6) is 0 Å². The Kier molecular flexibility index (Phi) is 3.72. The minimum Gasteiger partial charge on any atom is -0.369 e. The predicted octanol–water partition coefficient (Wildman–Crippen LogP) is 2.15. The van der Waals surface area contributed by atoms with E-state index in [1.165, 1.54) is 6.20 Å². The molecule has 6 nitrogen and oxygen atoms in total. The number of hydrogen-bond acceptors (Lipinski definition) is 5. The van der Waals surface area contributed by atoms with Gasteiger partial charge in [0.05, 0.1) is 11.6 Å². The summed E-state index contributed by atoms with van der Waals surface area (Å²) >= 11 is 0. The second kappa shape index (κ2) is 5.29. The Morgan fingerprint density at radius 2 is 2.11 bits per heavy atom. The topological polar surface area (TPSA) is 78.5 Å². The van der Waals surface area contributed by atoms with Crippen molar-refractivity contribution in [2.45, 2.75) is 19.0 Å². The monoisotopic (exact) mass is 274 g/mol. The maximum Gasteiger partial charge on any atom is 0.389 e. The Balaban J connectivity index is 2.05. The molecule has 0 fully saturated rings. The highest BCUT2D eigenvalue weighted by molar-refractivity contribution is 5.86. The van der Waals surface area contributed by atoms with Crippen LogP contribution in [-0.4, -0.2) is 39.9 Å². The number of halogens is 3. The molecule has 0 saturated heterocycles. The molecule has 0 aliphatic rings. The highest BCUT2D eigenvalue weighted by Crippen LogP contribution is 2.22. The van der Waals surface area contributed by atoms with E-state index < -0.39 is 12.6 Å². The number of rotatable bonds is 5. The number of aromatic nitrogens is 4. The van der Waals surface area contributed by atoms with Crippen molar-refractivity contribution in [2.24, 2.45) is 0 Å². The van der Waals surface area contributed by atoms with E-state index in [2.05, 4.69) is 30.8 Å². The second-order valence-corrected chi connectivity index (χ2v) is 3.92. The van der Waals surface area contributed by atoms with E-state index in [1.807, 2.05) is 0 Å². The molecule has 3 N–H and O–H groups in total. The lowest BCUT2D eigenvalue weighted by Gasteiger charge is -2.09. The van der Waals surface area contributed by atoms with Crippen LogP contribution in [0.2, 0.25) is 0 Å². The standard InChI is InChI=1S/C10H13F3N6/c1-14-9-17-7(6-5-16-19-8(6)18-9)15-4-2-3-10(11,12)13/h5H,2-4H2,1H3,(H3,14,15,16,17,18,19). The molecule has 0 saturated carbocycles. The number of aromatic amines is 1. The third-order valence-corrected chi connectivity index (χ3v) is 2.46. The van der Waals surface area contributed by atoms with Gasteiger partial charge in [0.1, 0.15) is 5.82 Å².